The first-order chi connectivity index (χ1) is 6.76. The van der Waals surface area contributed by atoms with Crippen molar-refractivity contribution in [2.75, 3.05) is 27.2 Å². The van der Waals surface area contributed by atoms with Crippen molar-refractivity contribution >= 4 is 10.2 Å². The zero-order valence-electron chi connectivity index (χ0n) is 10.3. The van der Waals surface area contributed by atoms with Crippen molar-refractivity contribution in [1.29, 1.82) is 0 Å². The van der Waals surface area contributed by atoms with E-state index in [9.17, 15) is 8.42 Å². The summed E-state index contributed by atoms with van der Waals surface area (Å²) in [5.74, 6) is 0. The predicted octanol–water partition coefficient (Wildman–Crippen LogP) is 0.242. The molecule has 0 fully saturated rings. The Balaban J connectivity index is 5.25. The van der Waals surface area contributed by atoms with E-state index in [2.05, 4.69) is 0 Å². The highest BCUT2D eigenvalue weighted by atomic mass is 32.2. The molecule has 0 radical (unpaired) electrons. The third kappa shape index (κ3) is 2.90. The van der Waals surface area contributed by atoms with Gasteiger partial charge in [-0.2, -0.15) is 17.0 Å². The molecule has 0 aliphatic rings. The van der Waals surface area contributed by atoms with Crippen LogP contribution in [0, 0.1) is 0 Å². The van der Waals surface area contributed by atoms with E-state index >= 15 is 0 Å². The summed E-state index contributed by atoms with van der Waals surface area (Å²) >= 11 is 0. The fraction of sp³-hybridized carbons (Fsp3) is 1.00. The van der Waals surface area contributed by atoms with Crippen molar-refractivity contribution in [2.45, 2.75) is 32.7 Å². The summed E-state index contributed by atoms with van der Waals surface area (Å²) in [7, 11) is -0.320. The molecule has 2 N–H and O–H groups in total. The molecule has 15 heavy (non-hydrogen) atoms. The normalized spacial score (nSPS) is 17.1. The number of rotatable bonds is 6. The Kier molecular flexibility index (Phi) is 5.19. The molecule has 0 bridgehead atoms. The largest absolute Gasteiger partial charge is 0.329 e. The van der Waals surface area contributed by atoms with Gasteiger partial charge in [0.15, 0.2) is 0 Å². The third-order valence-electron chi connectivity index (χ3n) is 2.83. The second kappa shape index (κ2) is 5.25. The molecular formula is C9H23N3O2S. The van der Waals surface area contributed by atoms with E-state index in [1.807, 2.05) is 20.8 Å². The van der Waals surface area contributed by atoms with Crippen LogP contribution in [-0.2, 0) is 10.2 Å². The van der Waals surface area contributed by atoms with Crippen molar-refractivity contribution in [3.05, 3.63) is 0 Å². The van der Waals surface area contributed by atoms with Crippen molar-refractivity contribution in [2.24, 2.45) is 5.73 Å². The van der Waals surface area contributed by atoms with E-state index in [1.165, 1.54) is 22.7 Å². The van der Waals surface area contributed by atoms with Gasteiger partial charge in [0.05, 0.1) is 0 Å². The van der Waals surface area contributed by atoms with E-state index in [1.54, 1.807) is 0 Å². The Morgan fingerprint density at radius 3 is 1.93 bits per heavy atom. The molecule has 0 aromatic carbocycles. The zero-order chi connectivity index (χ0) is 12.3. The summed E-state index contributed by atoms with van der Waals surface area (Å²) in [5, 5.41) is 0. The molecule has 0 amide bonds. The zero-order valence-corrected chi connectivity index (χ0v) is 11.1. The van der Waals surface area contributed by atoms with Crippen molar-refractivity contribution in [3.63, 3.8) is 0 Å². The maximum Gasteiger partial charge on any atom is 0.282 e. The third-order valence-corrected chi connectivity index (χ3v) is 5.01. The molecule has 0 heterocycles. The van der Waals surface area contributed by atoms with Crippen LogP contribution in [0.5, 0.6) is 0 Å². The van der Waals surface area contributed by atoms with Crippen LogP contribution in [0.15, 0.2) is 0 Å². The highest BCUT2D eigenvalue weighted by Crippen LogP contribution is 2.22. The molecule has 1 unspecified atom stereocenters. The predicted molar refractivity (Wildman–Crippen MR) is 62.7 cm³/mol. The van der Waals surface area contributed by atoms with Gasteiger partial charge in [0.1, 0.15) is 0 Å². The molecule has 0 aliphatic heterocycles. The number of nitrogens with two attached hydrogens (primary N) is 1. The second-order valence-corrected chi connectivity index (χ2v) is 6.08. The standard InChI is InChI=1S/C9H23N3O2S/c1-6-9(3,8-10)12(7-2)15(13,14)11(4)5/h6-8,10H2,1-5H3. The summed E-state index contributed by atoms with van der Waals surface area (Å²) < 4.78 is 26.7. The molecule has 0 spiro atoms. The van der Waals surface area contributed by atoms with Crippen LogP contribution in [0.2, 0.25) is 0 Å². The van der Waals surface area contributed by atoms with Gasteiger partial charge in [0.25, 0.3) is 10.2 Å². The molecule has 0 rings (SSSR count). The lowest BCUT2D eigenvalue weighted by Gasteiger charge is -2.39. The Hall–Kier alpha value is -0.170. The van der Waals surface area contributed by atoms with Crippen LogP contribution in [0.25, 0.3) is 0 Å². The minimum Gasteiger partial charge on any atom is -0.329 e. The number of likely N-dealkylation sites (N-methyl/N-ethyl adjacent to an activating group) is 1. The Morgan fingerprint density at radius 2 is 1.73 bits per heavy atom. The Morgan fingerprint density at radius 1 is 1.27 bits per heavy atom. The van der Waals surface area contributed by atoms with Gasteiger partial charge in [0, 0.05) is 32.7 Å². The maximum atomic E-state index is 12.0. The van der Waals surface area contributed by atoms with Crippen LogP contribution in [0.4, 0.5) is 0 Å². The fourth-order valence-corrected chi connectivity index (χ4v) is 2.92. The molecular weight excluding hydrogens is 214 g/mol. The highest BCUT2D eigenvalue weighted by molar-refractivity contribution is 7.86. The number of hydrogen-bond donors (Lipinski definition) is 1. The van der Waals surface area contributed by atoms with Crippen LogP contribution < -0.4 is 5.73 Å². The number of hydrogen-bond acceptors (Lipinski definition) is 3. The molecule has 92 valence electrons. The van der Waals surface area contributed by atoms with E-state index in [0.717, 1.165) is 0 Å². The molecule has 0 aromatic heterocycles. The van der Waals surface area contributed by atoms with Crippen molar-refractivity contribution in [3.8, 4) is 0 Å². The smallest absolute Gasteiger partial charge is 0.282 e. The lowest BCUT2D eigenvalue weighted by atomic mass is 9.99. The molecule has 0 aliphatic carbocycles. The van der Waals surface area contributed by atoms with Crippen molar-refractivity contribution < 1.29 is 8.42 Å². The summed E-state index contributed by atoms with van der Waals surface area (Å²) in [4.78, 5) is 0. The fourth-order valence-electron chi connectivity index (χ4n) is 1.44. The lowest BCUT2D eigenvalue weighted by molar-refractivity contribution is 0.203. The molecule has 0 saturated heterocycles. The maximum absolute atomic E-state index is 12.0. The van der Waals surface area contributed by atoms with Crippen LogP contribution in [0.3, 0.4) is 0 Å². The average molecular weight is 237 g/mol. The van der Waals surface area contributed by atoms with Crippen LogP contribution >= 0.6 is 0 Å². The summed E-state index contributed by atoms with van der Waals surface area (Å²) in [6, 6.07) is 0. The van der Waals surface area contributed by atoms with Crippen LogP contribution in [0.1, 0.15) is 27.2 Å². The first-order valence-corrected chi connectivity index (χ1v) is 6.56. The summed E-state index contributed by atoms with van der Waals surface area (Å²) in [6.07, 6.45) is 0.699. The van der Waals surface area contributed by atoms with Gasteiger partial charge in [-0.05, 0) is 13.3 Å². The Labute approximate surface area is 93.4 Å². The van der Waals surface area contributed by atoms with Gasteiger partial charge in [-0.1, -0.05) is 13.8 Å². The van der Waals surface area contributed by atoms with Gasteiger partial charge >= 0.3 is 0 Å². The average Bonchev–Trinajstić information content (AvgIpc) is 2.17. The monoisotopic (exact) mass is 237 g/mol. The highest BCUT2D eigenvalue weighted by Gasteiger charge is 2.37. The SMILES string of the molecule is CCN(C(C)(CC)CN)S(=O)(=O)N(C)C. The lowest BCUT2D eigenvalue weighted by Crippen LogP contribution is -2.56. The molecule has 0 saturated carbocycles. The number of nitrogens with zero attached hydrogens (tertiary/aromatic N) is 2. The summed E-state index contributed by atoms with van der Waals surface area (Å²) in [5.41, 5.74) is 5.16. The van der Waals surface area contributed by atoms with E-state index in [4.69, 9.17) is 5.73 Å². The van der Waals surface area contributed by atoms with Gasteiger partial charge in [-0.3, -0.25) is 0 Å². The van der Waals surface area contributed by atoms with E-state index < -0.39 is 15.7 Å². The minimum absolute atomic E-state index is 0.324. The molecule has 1 atom stereocenters. The van der Waals surface area contributed by atoms with Gasteiger partial charge in [0.2, 0.25) is 0 Å². The van der Waals surface area contributed by atoms with E-state index in [-0.39, 0.29) is 0 Å². The quantitative estimate of drug-likeness (QED) is 0.719. The van der Waals surface area contributed by atoms with Crippen molar-refractivity contribution in [1.82, 2.24) is 8.61 Å². The molecule has 5 nitrogen and oxygen atoms in total. The van der Waals surface area contributed by atoms with Gasteiger partial charge in [-0.25, -0.2) is 0 Å². The first kappa shape index (κ1) is 14.8. The summed E-state index contributed by atoms with van der Waals surface area (Å²) in [6.45, 7) is 6.40. The first-order valence-electron chi connectivity index (χ1n) is 5.16. The van der Waals surface area contributed by atoms with Crippen LogP contribution in [-0.4, -0.2) is 49.8 Å². The minimum atomic E-state index is -3.38. The molecule has 6 heteroatoms. The topological polar surface area (TPSA) is 66.6 Å². The van der Waals surface area contributed by atoms with Gasteiger partial charge in [-0.15, -0.1) is 0 Å². The van der Waals surface area contributed by atoms with Gasteiger partial charge < -0.3 is 5.73 Å². The Bertz CT molecular complexity index is 284. The van der Waals surface area contributed by atoms with E-state index in [0.29, 0.717) is 19.5 Å². The molecule has 0 aromatic rings. The second-order valence-electron chi connectivity index (χ2n) is 4.01.